The fraction of sp³-hybridized carbons (Fsp3) is 0.647. The molecule has 1 saturated heterocycles. The molecular formula is C17H25N3O2. The summed E-state index contributed by atoms with van der Waals surface area (Å²) in [5.41, 5.74) is 1.05. The highest BCUT2D eigenvalue weighted by Crippen LogP contribution is 2.23. The van der Waals surface area contributed by atoms with Crippen molar-refractivity contribution in [2.45, 2.75) is 51.2 Å². The third-order valence-corrected chi connectivity index (χ3v) is 4.57. The van der Waals surface area contributed by atoms with Crippen LogP contribution in [0.4, 0.5) is 0 Å². The highest BCUT2D eigenvalue weighted by Gasteiger charge is 2.20. The zero-order valence-electron chi connectivity index (χ0n) is 13.0. The Morgan fingerprint density at radius 2 is 2.05 bits per heavy atom. The Labute approximate surface area is 131 Å². The molecule has 1 aliphatic carbocycles. The minimum absolute atomic E-state index is 0.150. The SMILES string of the molecule is O=C(NCc1ccnc(OC2CCCC2)c1)C1CCNCC1. The van der Waals surface area contributed by atoms with E-state index in [0.29, 0.717) is 18.5 Å². The molecule has 3 rings (SSSR count). The number of rotatable bonds is 5. The molecule has 1 saturated carbocycles. The topological polar surface area (TPSA) is 63.2 Å². The van der Waals surface area contributed by atoms with E-state index in [1.807, 2.05) is 12.1 Å². The summed E-state index contributed by atoms with van der Waals surface area (Å²) in [4.78, 5) is 16.4. The third kappa shape index (κ3) is 4.19. The second-order valence-corrected chi connectivity index (χ2v) is 6.27. The van der Waals surface area contributed by atoms with Crippen LogP contribution in [-0.2, 0) is 11.3 Å². The molecule has 1 aromatic rings. The van der Waals surface area contributed by atoms with Crippen LogP contribution in [0.5, 0.6) is 5.88 Å². The van der Waals surface area contributed by atoms with Crippen LogP contribution in [0.15, 0.2) is 18.3 Å². The van der Waals surface area contributed by atoms with Crippen molar-refractivity contribution in [3.05, 3.63) is 23.9 Å². The molecule has 2 fully saturated rings. The average Bonchev–Trinajstić information content (AvgIpc) is 3.07. The van der Waals surface area contributed by atoms with Crippen molar-refractivity contribution in [1.82, 2.24) is 15.6 Å². The number of piperidine rings is 1. The highest BCUT2D eigenvalue weighted by molar-refractivity contribution is 5.78. The van der Waals surface area contributed by atoms with Gasteiger partial charge in [-0.1, -0.05) is 0 Å². The van der Waals surface area contributed by atoms with Crippen LogP contribution in [0, 0.1) is 5.92 Å². The van der Waals surface area contributed by atoms with Crippen molar-refractivity contribution >= 4 is 5.91 Å². The Kier molecular flexibility index (Phi) is 5.27. The second-order valence-electron chi connectivity index (χ2n) is 6.27. The van der Waals surface area contributed by atoms with Crippen LogP contribution in [0.2, 0.25) is 0 Å². The van der Waals surface area contributed by atoms with Crippen LogP contribution in [0.1, 0.15) is 44.1 Å². The van der Waals surface area contributed by atoms with Crippen molar-refractivity contribution in [3.8, 4) is 5.88 Å². The molecule has 120 valence electrons. The Hall–Kier alpha value is -1.62. The van der Waals surface area contributed by atoms with Crippen molar-refractivity contribution in [2.75, 3.05) is 13.1 Å². The van der Waals surface area contributed by atoms with Gasteiger partial charge in [0, 0.05) is 24.7 Å². The largest absolute Gasteiger partial charge is 0.474 e. The monoisotopic (exact) mass is 303 g/mol. The lowest BCUT2D eigenvalue weighted by Gasteiger charge is -2.21. The Morgan fingerprint density at radius 1 is 1.27 bits per heavy atom. The van der Waals surface area contributed by atoms with Crippen LogP contribution >= 0.6 is 0 Å². The first-order valence-corrected chi connectivity index (χ1v) is 8.41. The number of amides is 1. The molecule has 1 aliphatic heterocycles. The van der Waals surface area contributed by atoms with Gasteiger partial charge < -0.3 is 15.4 Å². The summed E-state index contributed by atoms with van der Waals surface area (Å²) < 4.78 is 5.91. The number of carbonyl (C=O) groups is 1. The van der Waals surface area contributed by atoms with E-state index in [1.165, 1.54) is 12.8 Å². The van der Waals surface area contributed by atoms with Gasteiger partial charge in [0.15, 0.2) is 0 Å². The summed E-state index contributed by atoms with van der Waals surface area (Å²) in [6.45, 7) is 2.42. The normalized spacial score (nSPS) is 20.0. The molecule has 1 aromatic heterocycles. The minimum Gasteiger partial charge on any atom is -0.474 e. The van der Waals surface area contributed by atoms with E-state index in [1.54, 1.807) is 6.20 Å². The average molecular weight is 303 g/mol. The van der Waals surface area contributed by atoms with Gasteiger partial charge in [-0.15, -0.1) is 0 Å². The van der Waals surface area contributed by atoms with Crippen LogP contribution in [-0.4, -0.2) is 30.1 Å². The van der Waals surface area contributed by atoms with Gasteiger partial charge in [0.25, 0.3) is 0 Å². The maximum absolute atomic E-state index is 12.1. The first-order chi connectivity index (χ1) is 10.8. The molecule has 5 nitrogen and oxygen atoms in total. The summed E-state index contributed by atoms with van der Waals surface area (Å²) in [6.07, 6.45) is 8.67. The lowest BCUT2D eigenvalue weighted by atomic mass is 9.97. The first-order valence-electron chi connectivity index (χ1n) is 8.41. The van der Waals surface area contributed by atoms with Gasteiger partial charge >= 0.3 is 0 Å². The van der Waals surface area contributed by atoms with E-state index in [2.05, 4.69) is 15.6 Å². The quantitative estimate of drug-likeness (QED) is 0.873. The van der Waals surface area contributed by atoms with Gasteiger partial charge in [-0.3, -0.25) is 4.79 Å². The first kappa shape index (κ1) is 15.3. The Bertz CT molecular complexity index is 494. The number of nitrogens with zero attached hydrogens (tertiary/aromatic N) is 1. The second kappa shape index (κ2) is 7.58. The molecule has 0 aromatic carbocycles. The molecular weight excluding hydrogens is 278 g/mol. The van der Waals surface area contributed by atoms with E-state index in [-0.39, 0.29) is 11.8 Å². The summed E-state index contributed by atoms with van der Waals surface area (Å²) in [7, 11) is 0. The molecule has 0 bridgehead atoms. The lowest BCUT2D eigenvalue weighted by molar-refractivity contribution is -0.125. The summed E-state index contributed by atoms with van der Waals surface area (Å²) in [5.74, 6) is 0.995. The van der Waals surface area contributed by atoms with Crippen molar-refractivity contribution in [3.63, 3.8) is 0 Å². The van der Waals surface area contributed by atoms with Crippen molar-refractivity contribution in [1.29, 1.82) is 0 Å². The molecule has 0 atom stereocenters. The van der Waals surface area contributed by atoms with Crippen LogP contribution in [0.25, 0.3) is 0 Å². The predicted molar refractivity (Wildman–Crippen MR) is 84.6 cm³/mol. The van der Waals surface area contributed by atoms with E-state index in [4.69, 9.17) is 4.74 Å². The fourth-order valence-corrected chi connectivity index (χ4v) is 3.22. The van der Waals surface area contributed by atoms with Crippen LogP contribution < -0.4 is 15.4 Å². The van der Waals surface area contributed by atoms with Gasteiger partial charge in [0.1, 0.15) is 6.10 Å². The molecule has 1 amide bonds. The summed E-state index contributed by atoms with van der Waals surface area (Å²) >= 11 is 0. The van der Waals surface area contributed by atoms with Crippen LogP contribution in [0.3, 0.4) is 0 Å². The smallest absolute Gasteiger partial charge is 0.223 e. The standard InChI is InChI=1S/C17H25N3O2/c21-17(14-6-8-18-9-7-14)20-12-13-5-10-19-16(11-13)22-15-3-1-2-4-15/h5,10-11,14-15,18H,1-4,6-9,12H2,(H,20,21). The molecule has 0 unspecified atom stereocenters. The van der Waals surface area contributed by atoms with Crippen molar-refractivity contribution in [2.24, 2.45) is 5.92 Å². The molecule has 2 N–H and O–H groups in total. The Morgan fingerprint density at radius 3 is 2.82 bits per heavy atom. The third-order valence-electron chi connectivity index (χ3n) is 4.57. The predicted octanol–water partition coefficient (Wildman–Crippen LogP) is 2.02. The van der Waals surface area contributed by atoms with Gasteiger partial charge in [-0.05, 0) is 63.2 Å². The molecule has 2 aliphatic rings. The Balaban J connectivity index is 1.50. The number of hydrogen-bond acceptors (Lipinski definition) is 4. The van der Waals surface area contributed by atoms with E-state index >= 15 is 0 Å². The van der Waals surface area contributed by atoms with E-state index in [9.17, 15) is 4.79 Å². The summed E-state index contributed by atoms with van der Waals surface area (Å²) in [6, 6.07) is 3.88. The van der Waals surface area contributed by atoms with E-state index < -0.39 is 0 Å². The molecule has 5 heteroatoms. The number of ether oxygens (including phenoxy) is 1. The fourth-order valence-electron chi connectivity index (χ4n) is 3.22. The maximum Gasteiger partial charge on any atom is 0.223 e. The zero-order valence-corrected chi connectivity index (χ0v) is 13.0. The van der Waals surface area contributed by atoms with E-state index in [0.717, 1.165) is 44.3 Å². The van der Waals surface area contributed by atoms with Gasteiger partial charge in [-0.2, -0.15) is 0 Å². The molecule has 2 heterocycles. The number of aromatic nitrogens is 1. The molecule has 0 spiro atoms. The molecule has 0 radical (unpaired) electrons. The molecule has 22 heavy (non-hydrogen) atoms. The zero-order chi connectivity index (χ0) is 15.2. The number of carbonyl (C=O) groups excluding carboxylic acids is 1. The summed E-state index contributed by atoms with van der Waals surface area (Å²) in [5, 5.41) is 6.32. The number of pyridine rings is 1. The van der Waals surface area contributed by atoms with Crippen molar-refractivity contribution < 1.29 is 9.53 Å². The van der Waals surface area contributed by atoms with Gasteiger partial charge in [0.2, 0.25) is 11.8 Å². The van der Waals surface area contributed by atoms with Gasteiger partial charge in [-0.25, -0.2) is 4.98 Å². The number of hydrogen-bond donors (Lipinski definition) is 2. The van der Waals surface area contributed by atoms with Gasteiger partial charge in [0.05, 0.1) is 0 Å². The lowest BCUT2D eigenvalue weighted by Crippen LogP contribution is -2.37. The maximum atomic E-state index is 12.1. The number of nitrogens with one attached hydrogen (secondary N) is 2. The highest BCUT2D eigenvalue weighted by atomic mass is 16.5. The minimum atomic E-state index is 0.150.